The first kappa shape index (κ1) is 18.4. The zero-order valence-corrected chi connectivity index (χ0v) is 15.3. The number of amides is 1. The number of aryl methyl sites for hydroxylation is 1. The van der Waals surface area contributed by atoms with Crippen LogP contribution in [0.2, 0.25) is 0 Å². The molecule has 1 amide bonds. The molecule has 0 saturated carbocycles. The molecule has 2 aromatic rings. The second-order valence-corrected chi connectivity index (χ2v) is 8.70. The summed E-state index contributed by atoms with van der Waals surface area (Å²) in [7, 11) is -3.12. The van der Waals surface area contributed by atoms with Crippen LogP contribution in [0.3, 0.4) is 0 Å². The average molecular weight is 376 g/mol. The highest BCUT2D eigenvalue weighted by atomic mass is 32.2. The summed E-state index contributed by atoms with van der Waals surface area (Å²) >= 11 is 0. The quantitative estimate of drug-likeness (QED) is 0.871. The average Bonchev–Trinajstić information content (AvgIpc) is 2.95. The van der Waals surface area contributed by atoms with Crippen molar-refractivity contribution in [1.82, 2.24) is 0 Å². The van der Waals surface area contributed by atoms with E-state index in [0.717, 1.165) is 0 Å². The van der Waals surface area contributed by atoms with Crippen molar-refractivity contribution < 1.29 is 17.6 Å². The number of carbonyl (C=O) groups is 1. The molecule has 5 nitrogen and oxygen atoms in total. The Morgan fingerprint density at radius 2 is 1.96 bits per heavy atom. The molecule has 0 aliphatic carbocycles. The fraction of sp³-hybridized carbons (Fsp3) is 0.316. The van der Waals surface area contributed by atoms with Gasteiger partial charge in [-0.1, -0.05) is 18.2 Å². The number of hydrogen-bond acceptors (Lipinski definition) is 4. The number of halogens is 1. The highest BCUT2D eigenvalue weighted by Crippen LogP contribution is 2.25. The van der Waals surface area contributed by atoms with Crippen LogP contribution >= 0.6 is 0 Å². The maximum absolute atomic E-state index is 13.2. The first-order valence-corrected chi connectivity index (χ1v) is 10.3. The van der Waals surface area contributed by atoms with E-state index < -0.39 is 9.84 Å². The van der Waals surface area contributed by atoms with Crippen LogP contribution in [0.25, 0.3) is 0 Å². The van der Waals surface area contributed by atoms with Crippen LogP contribution < -0.4 is 10.2 Å². The molecule has 138 valence electrons. The summed E-state index contributed by atoms with van der Waals surface area (Å²) in [5.41, 5.74) is 2.05. The molecule has 26 heavy (non-hydrogen) atoms. The maximum atomic E-state index is 13.2. The van der Waals surface area contributed by atoms with Gasteiger partial charge in [0, 0.05) is 11.4 Å². The highest BCUT2D eigenvalue weighted by Gasteiger charge is 2.35. The van der Waals surface area contributed by atoms with Crippen LogP contribution in [0.4, 0.5) is 15.8 Å². The van der Waals surface area contributed by atoms with E-state index in [4.69, 9.17) is 0 Å². The summed E-state index contributed by atoms with van der Waals surface area (Å²) in [6, 6.07) is 13.0. The van der Waals surface area contributed by atoms with Gasteiger partial charge in [-0.3, -0.25) is 4.79 Å². The molecule has 0 unspecified atom stereocenters. The van der Waals surface area contributed by atoms with Crippen molar-refractivity contribution in [3.8, 4) is 0 Å². The van der Waals surface area contributed by atoms with Crippen molar-refractivity contribution in [2.24, 2.45) is 0 Å². The first-order chi connectivity index (χ1) is 12.4. The van der Waals surface area contributed by atoms with Gasteiger partial charge < -0.3 is 10.2 Å². The fourth-order valence-electron chi connectivity index (χ4n) is 3.21. The van der Waals surface area contributed by atoms with E-state index in [-0.39, 0.29) is 35.8 Å². The Hall–Kier alpha value is -2.41. The normalized spacial score (nSPS) is 18.5. The molecule has 1 atom stereocenters. The van der Waals surface area contributed by atoms with E-state index in [1.165, 1.54) is 12.1 Å². The minimum absolute atomic E-state index is 0.00207. The van der Waals surface area contributed by atoms with Gasteiger partial charge in [0.1, 0.15) is 5.82 Å². The molecule has 0 bridgehead atoms. The smallest absolute Gasteiger partial charge is 0.246 e. The molecule has 1 N–H and O–H groups in total. The summed E-state index contributed by atoms with van der Waals surface area (Å²) in [5, 5.41) is 3.03. The van der Waals surface area contributed by atoms with Crippen molar-refractivity contribution in [2.75, 3.05) is 28.3 Å². The zero-order chi connectivity index (χ0) is 18.7. The second kappa shape index (κ2) is 7.45. The Morgan fingerprint density at radius 3 is 2.58 bits per heavy atom. The van der Waals surface area contributed by atoms with E-state index in [0.29, 0.717) is 23.4 Å². The van der Waals surface area contributed by atoms with Gasteiger partial charge in [-0.2, -0.15) is 0 Å². The van der Waals surface area contributed by atoms with Crippen molar-refractivity contribution in [2.45, 2.75) is 19.4 Å². The van der Waals surface area contributed by atoms with E-state index in [1.54, 1.807) is 30.0 Å². The maximum Gasteiger partial charge on any atom is 0.246 e. The first-order valence-electron chi connectivity index (χ1n) is 8.43. The largest absolute Gasteiger partial charge is 0.376 e. The van der Waals surface area contributed by atoms with E-state index in [9.17, 15) is 17.6 Å². The van der Waals surface area contributed by atoms with Crippen LogP contribution in [-0.4, -0.2) is 38.4 Å². The van der Waals surface area contributed by atoms with Crippen molar-refractivity contribution >= 4 is 27.1 Å². The van der Waals surface area contributed by atoms with Crippen LogP contribution in [0, 0.1) is 12.7 Å². The molecule has 0 radical (unpaired) electrons. The lowest BCUT2D eigenvalue weighted by Crippen LogP contribution is -2.44. The third-order valence-corrected chi connectivity index (χ3v) is 6.25. The van der Waals surface area contributed by atoms with Crippen molar-refractivity contribution in [3.05, 3.63) is 59.9 Å². The molecule has 1 fully saturated rings. The molecule has 0 aromatic heterocycles. The summed E-state index contributed by atoms with van der Waals surface area (Å²) in [6.45, 7) is 1.76. The number of benzene rings is 2. The lowest BCUT2D eigenvalue weighted by atomic mass is 10.1. The minimum Gasteiger partial charge on any atom is -0.376 e. The van der Waals surface area contributed by atoms with Gasteiger partial charge in [0.15, 0.2) is 9.84 Å². The number of anilines is 2. The van der Waals surface area contributed by atoms with Gasteiger partial charge in [-0.25, -0.2) is 12.8 Å². The monoisotopic (exact) mass is 376 g/mol. The standard InChI is InChI=1S/C19H21FN2O3S/c1-14-11-15(20)7-8-18(14)21-12-19(23)22(16-5-3-2-4-6-16)17-9-10-26(24,25)13-17/h2-8,11,17,21H,9-10,12-13H2,1H3/t17-/m1/s1. The molecule has 1 aliphatic heterocycles. The van der Waals surface area contributed by atoms with Gasteiger partial charge in [0.05, 0.1) is 24.1 Å². The third kappa shape index (κ3) is 4.22. The topological polar surface area (TPSA) is 66.5 Å². The predicted octanol–water partition coefficient (Wildman–Crippen LogP) is 2.77. The van der Waals surface area contributed by atoms with Crippen LogP contribution in [0.15, 0.2) is 48.5 Å². The van der Waals surface area contributed by atoms with Crippen molar-refractivity contribution in [3.63, 3.8) is 0 Å². The Balaban J connectivity index is 1.79. The molecular formula is C19H21FN2O3S. The molecule has 1 saturated heterocycles. The number of rotatable bonds is 5. The molecule has 3 rings (SSSR count). The number of para-hydroxylation sites is 1. The van der Waals surface area contributed by atoms with Crippen LogP contribution in [0.1, 0.15) is 12.0 Å². The zero-order valence-electron chi connectivity index (χ0n) is 14.5. The highest BCUT2D eigenvalue weighted by molar-refractivity contribution is 7.91. The molecule has 7 heteroatoms. The van der Waals surface area contributed by atoms with Gasteiger partial charge in [-0.05, 0) is 49.2 Å². The SMILES string of the molecule is Cc1cc(F)ccc1NCC(=O)N(c1ccccc1)[C@@H]1CCS(=O)(=O)C1. The van der Waals surface area contributed by atoms with Gasteiger partial charge in [0.25, 0.3) is 0 Å². The lowest BCUT2D eigenvalue weighted by Gasteiger charge is -2.28. The predicted molar refractivity (Wildman–Crippen MR) is 101 cm³/mol. The minimum atomic E-state index is -3.12. The Bertz CT molecular complexity index is 900. The van der Waals surface area contributed by atoms with Gasteiger partial charge in [0.2, 0.25) is 5.91 Å². The second-order valence-electron chi connectivity index (χ2n) is 6.47. The van der Waals surface area contributed by atoms with E-state index in [1.807, 2.05) is 18.2 Å². The Kier molecular flexibility index (Phi) is 5.27. The van der Waals surface area contributed by atoms with Gasteiger partial charge in [-0.15, -0.1) is 0 Å². The molecule has 0 spiro atoms. The molecule has 2 aromatic carbocycles. The van der Waals surface area contributed by atoms with Crippen LogP contribution in [0.5, 0.6) is 0 Å². The summed E-state index contributed by atoms with van der Waals surface area (Å²) < 4.78 is 36.9. The number of hydrogen-bond donors (Lipinski definition) is 1. The number of carbonyl (C=O) groups excluding carboxylic acids is 1. The lowest BCUT2D eigenvalue weighted by molar-refractivity contribution is -0.117. The third-order valence-electron chi connectivity index (χ3n) is 4.50. The Morgan fingerprint density at radius 1 is 1.23 bits per heavy atom. The summed E-state index contributed by atoms with van der Waals surface area (Å²) in [5.74, 6) is -0.481. The fourth-order valence-corrected chi connectivity index (χ4v) is 4.91. The molecule has 1 heterocycles. The van der Waals surface area contributed by atoms with Gasteiger partial charge >= 0.3 is 0 Å². The van der Waals surface area contributed by atoms with E-state index >= 15 is 0 Å². The summed E-state index contributed by atoms with van der Waals surface area (Å²) in [6.07, 6.45) is 0.429. The number of nitrogens with zero attached hydrogens (tertiary/aromatic N) is 1. The molecule has 1 aliphatic rings. The molecular weight excluding hydrogens is 355 g/mol. The Labute approximate surface area is 152 Å². The number of nitrogens with one attached hydrogen (secondary N) is 1. The van der Waals surface area contributed by atoms with Crippen LogP contribution in [-0.2, 0) is 14.6 Å². The van der Waals surface area contributed by atoms with E-state index in [2.05, 4.69) is 5.32 Å². The number of sulfone groups is 1. The van der Waals surface area contributed by atoms with Crippen molar-refractivity contribution in [1.29, 1.82) is 0 Å². The summed E-state index contributed by atoms with van der Waals surface area (Å²) in [4.78, 5) is 14.5.